The average molecular weight is 193 g/mol. The molecule has 0 aliphatic heterocycles. The Hall–Kier alpha value is 1.26. The minimum Gasteiger partial charge on any atom is -0.412 e. The van der Waals surface area contributed by atoms with E-state index in [2.05, 4.69) is 0 Å². The summed E-state index contributed by atoms with van der Waals surface area (Å²) in [7, 11) is 0. The van der Waals surface area contributed by atoms with E-state index in [0.717, 1.165) is 0 Å². The first-order valence-corrected chi connectivity index (χ1v) is 0. The van der Waals surface area contributed by atoms with Crippen molar-refractivity contribution in [1.29, 1.82) is 0 Å². The van der Waals surface area contributed by atoms with Crippen LogP contribution in [0.25, 0.3) is 0 Å². The minimum atomic E-state index is 0. The van der Waals surface area contributed by atoms with Crippen molar-refractivity contribution in [1.82, 2.24) is 6.15 Å². The predicted octanol–water partition coefficient (Wildman–Crippen LogP) is -1.49. The summed E-state index contributed by atoms with van der Waals surface area (Å²) < 4.78 is 0. The Morgan fingerprint density at radius 2 is 0.750 bits per heavy atom. The quantitative estimate of drug-likeness (QED) is 0.498. The molecule has 3 nitrogen and oxygen atoms in total. The van der Waals surface area contributed by atoms with Crippen LogP contribution in [0.4, 0.5) is 0 Å². The maximum atomic E-state index is 0. The fraction of sp³-hybridized carbons (Fsp3) is 0. The van der Waals surface area contributed by atoms with Crippen LogP contribution in [0.15, 0.2) is 0 Å². The monoisotopic (exact) mass is 193 g/mol. The summed E-state index contributed by atoms with van der Waals surface area (Å²) in [5, 5.41) is 0. The van der Waals surface area contributed by atoms with Gasteiger partial charge in [-0.3, -0.25) is 0 Å². The molecule has 0 aromatic carbocycles. The van der Waals surface area contributed by atoms with Gasteiger partial charge >= 0.3 is 41.7 Å². The first-order valence-electron chi connectivity index (χ1n) is 0. The fourth-order valence-electron chi connectivity index (χ4n) is 0. The molecule has 0 aliphatic rings. The Labute approximate surface area is 58.3 Å². The molecule has 0 saturated carbocycles. The molecule has 0 aromatic heterocycles. The molecule has 24 valence electrons. The van der Waals surface area contributed by atoms with Crippen LogP contribution in [-0.2, 0) is 0 Å². The molecule has 0 unspecified atom stereocenters. The van der Waals surface area contributed by atoms with E-state index in [1.165, 1.54) is 0 Å². The van der Waals surface area contributed by atoms with Crippen LogP contribution in [-0.4, -0.2) is 11.0 Å². The van der Waals surface area contributed by atoms with Gasteiger partial charge in [0.15, 0.2) is 0 Å². The molecule has 0 aliphatic carbocycles. The maximum Gasteiger partial charge on any atom is 4.00 e. The van der Waals surface area contributed by atoms with Gasteiger partial charge in [0.05, 0.1) is 0 Å². The molecule has 0 amide bonds. The normalized spacial score (nSPS) is 0. The van der Waals surface area contributed by atoms with Gasteiger partial charge in [-0.2, -0.15) is 0 Å². The molecule has 0 heterocycles. The van der Waals surface area contributed by atoms with E-state index < -0.39 is 0 Å². The Bertz CT molecular complexity index is 6.00. The average Bonchev–Trinajstić information content (AvgIpc) is 0. The Balaban J connectivity index is 0. The molecule has 0 saturated heterocycles. The molecule has 0 rings (SSSR count). The molecule has 0 bridgehead atoms. The van der Waals surface area contributed by atoms with Crippen LogP contribution in [0.3, 0.4) is 0 Å². The van der Waals surface area contributed by atoms with Crippen molar-refractivity contribution in [3.05, 3.63) is 0 Å². The van der Waals surface area contributed by atoms with Crippen molar-refractivity contribution in [2.75, 3.05) is 0 Å². The molecular formula is H7CeNO2+4. The maximum absolute atomic E-state index is 0. The fourth-order valence-corrected chi connectivity index (χ4v) is 0. The number of rotatable bonds is 0. The van der Waals surface area contributed by atoms with E-state index in [4.69, 9.17) is 0 Å². The number of hydrogen-bond acceptors (Lipinski definition) is 1. The van der Waals surface area contributed by atoms with Crippen molar-refractivity contribution >= 4 is 0 Å². The van der Waals surface area contributed by atoms with E-state index >= 15 is 0 Å². The second kappa shape index (κ2) is 28.6. The summed E-state index contributed by atoms with van der Waals surface area (Å²) in [5.74, 6) is 0. The SMILES string of the molecule is N.O.O.[Ce+4]. The van der Waals surface area contributed by atoms with Gasteiger partial charge in [-0.1, -0.05) is 0 Å². The Morgan fingerprint density at radius 3 is 0.750 bits per heavy atom. The summed E-state index contributed by atoms with van der Waals surface area (Å²) in [4.78, 5) is 0. The van der Waals surface area contributed by atoms with Crippen LogP contribution in [0, 0.1) is 41.7 Å². The third-order valence-electron chi connectivity index (χ3n) is 0. The van der Waals surface area contributed by atoms with Gasteiger partial charge in [0.2, 0.25) is 0 Å². The Kier molecular flexibility index (Phi) is 431. The zero-order chi connectivity index (χ0) is 0. The van der Waals surface area contributed by atoms with E-state index in [-0.39, 0.29) is 58.9 Å². The van der Waals surface area contributed by atoms with Crippen LogP contribution in [0.1, 0.15) is 0 Å². The molecule has 7 N–H and O–H groups in total. The number of hydrogen-bond donors (Lipinski definition) is 1. The molecule has 0 fully saturated rings. The summed E-state index contributed by atoms with van der Waals surface area (Å²) in [6.45, 7) is 0. The summed E-state index contributed by atoms with van der Waals surface area (Å²) in [5.41, 5.74) is 0. The molecule has 0 atom stereocenters. The van der Waals surface area contributed by atoms with Gasteiger partial charge in [0, 0.05) is 0 Å². The zero-order valence-electron chi connectivity index (χ0n) is 2.21. The predicted molar refractivity (Wildman–Crippen MR) is 12.2 cm³/mol. The molecule has 0 spiro atoms. The minimum absolute atomic E-state index is 0. The second-order valence-electron chi connectivity index (χ2n) is 0. The van der Waals surface area contributed by atoms with Gasteiger partial charge in [-0.05, 0) is 0 Å². The van der Waals surface area contributed by atoms with Gasteiger partial charge in [0.25, 0.3) is 0 Å². The van der Waals surface area contributed by atoms with Gasteiger partial charge in [-0.25, -0.2) is 0 Å². The summed E-state index contributed by atoms with van der Waals surface area (Å²) in [6, 6.07) is 0. The van der Waals surface area contributed by atoms with E-state index in [1.54, 1.807) is 0 Å². The summed E-state index contributed by atoms with van der Waals surface area (Å²) >= 11 is 0. The van der Waals surface area contributed by atoms with Crippen molar-refractivity contribution in [2.24, 2.45) is 0 Å². The van der Waals surface area contributed by atoms with Crippen molar-refractivity contribution in [3.8, 4) is 0 Å². The van der Waals surface area contributed by atoms with Crippen LogP contribution in [0.2, 0.25) is 0 Å². The first kappa shape index (κ1) is 60.3. The van der Waals surface area contributed by atoms with Crippen molar-refractivity contribution < 1.29 is 52.7 Å². The topological polar surface area (TPSA) is 98.0 Å². The summed E-state index contributed by atoms with van der Waals surface area (Å²) in [6.07, 6.45) is 0. The standard InChI is InChI=1S/Ce.H3N.2H2O/h;1H3;2*1H2/q+4;;;. The second-order valence-corrected chi connectivity index (χ2v) is 0. The Morgan fingerprint density at radius 1 is 0.750 bits per heavy atom. The molecule has 0 radical (unpaired) electrons. The van der Waals surface area contributed by atoms with Crippen molar-refractivity contribution in [2.45, 2.75) is 0 Å². The zero-order valence-corrected chi connectivity index (χ0v) is 5.35. The molecular weight excluding hydrogens is 186 g/mol. The van der Waals surface area contributed by atoms with E-state index in [0.29, 0.717) is 0 Å². The molecule has 4 heteroatoms. The van der Waals surface area contributed by atoms with Crippen LogP contribution < -0.4 is 6.15 Å². The molecule has 4 heavy (non-hydrogen) atoms. The van der Waals surface area contributed by atoms with E-state index in [1.807, 2.05) is 0 Å². The molecule has 0 aromatic rings. The van der Waals surface area contributed by atoms with Crippen molar-refractivity contribution in [3.63, 3.8) is 0 Å². The van der Waals surface area contributed by atoms with E-state index in [9.17, 15) is 0 Å². The third-order valence-corrected chi connectivity index (χ3v) is 0. The smallest absolute Gasteiger partial charge is 0.412 e. The largest absolute Gasteiger partial charge is 4.00 e. The van der Waals surface area contributed by atoms with Gasteiger partial charge < -0.3 is 17.1 Å². The first-order chi connectivity index (χ1) is 0. The third kappa shape index (κ3) is 10.5. The van der Waals surface area contributed by atoms with Crippen LogP contribution in [0.5, 0.6) is 0 Å². The van der Waals surface area contributed by atoms with Crippen LogP contribution >= 0.6 is 0 Å². The van der Waals surface area contributed by atoms with Gasteiger partial charge in [0.1, 0.15) is 0 Å². The van der Waals surface area contributed by atoms with Gasteiger partial charge in [-0.15, -0.1) is 0 Å².